The molecule has 0 aliphatic rings. The number of rotatable bonds is 1. The molecule has 1 radical (unpaired) electrons. The highest BCUT2D eigenvalue weighted by atomic mass is 79.9. The zero-order valence-corrected chi connectivity index (χ0v) is 9.97. The molecule has 2 aromatic rings. The summed E-state index contributed by atoms with van der Waals surface area (Å²) in [6, 6.07) is 7.85. The first-order valence-electron chi connectivity index (χ1n) is 4.51. The van der Waals surface area contributed by atoms with Crippen LogP contribution in [0.5, 0.6) is 5.75 Å². The first-order chi connectivity index (χ1) is 7.15. The van der Waals surface area contributed by atoms with Gasteiger partial charge in [0.2, 0.25) is 0 Å². The number of halogens is 1. The van der Waals surface area contributed by atoms with Gasteiger partial charge in [-0.2, -0.15) is 0 Å². The maximum absolute atomic E-state index is 5.88. The second kappa shape index (κ2) is 3.74. The topological polar surface area (TPSA) is 35.2 Å². The van der Waals surface area contributed by atoms with Crippen molar-refractivity contribution in [3.63, 3.8) is 0 Å². The van der Waals surface area contributed by atoms with Crippen LogP contribution in [-0.4, -0.2) is 7.11 Å². The standard InChI is InChI=1S/C12H11BrNO/c1-7-8-4-3-5-10(13)9(8)6-11(14)12(7)15-2/h3-6H,1,14H2,2H3. The molecule has 0 fully saturated rings. The lowest BCUT2D eigenvalue weighted by Crippen LogP contribution is -1.96. The Hall–Kier alpha value is -1.22. The molecule has 0 aliphatic heterocycles. The van der Waals surface area contributed by atoms with Crippen LogP contribution in [0.1, 0.15) is 5.56 Å². The number of methoxy groups -OCH3 is 1. The van der Waals surface area contributed by atoms with E-state index in [1.807, 2.05) is 24.3 Å². The van der Waals surface area contributed by atoms with Crippen LogP contribution in [0.3, 0.4) is 0 Å². The van der Waals surface area contributed by atoms with E-state index >= 15 is 0 Å². The average molecular weight is 265 g/mol. The number of anilines is 1. The molecular formula is C12H11BrNO. The summed E-state index contributed by atoms with van der Waals surface area (Å²) in [5, 5.41) is 2.11. The Balaban J connectivity index is 2.91. The highest BCUT2D eigenvalue weighted by Gasteiger charge is 2.09. The molecule has 15 heavy (non-hydrogen) atoms. The highest BCUT2D eigenvalue weighted by molar-refractivity contribution is 9.10. The third kappa shape index (κ3) is 1.57. The molecule has 2 nitrogen and oxygen atoms in total. The normalized spacial score (nSPS) is 10.6. The second-order valence-electron chi connectivity index (χ2n) is 3.31. The van der Waals surface area contributed by atoms with E-state index in [1.54, 1.807) is 7.11 Å². The summed E-state index contributed by atoms with van der Waals surface area (Å²) in [5.74, 6) is 0.653. The first-order valence-corrected chi connectivity index (χ1v) is 5.31. The van der Waals surface area contributed by atoms with Crippen LogP contribution in [0, 0.1) is 6.92 Å². The molecule has 0 saturated carbocycles. The molecule has 2 aromatic carbocycles. The quantitative estimate of drug-likeness (QED) is 0.802. The largest absolute Gasteiger partial charge is 0.494 e. The highest BCUT2D eigenvalue weighted by Crippen LogP contribution is 2.36. The SMILES string of the molecule is [CH2]c1c(OC)c(N)cc2c(Br)cccc12. The molecule has 0 saturated heterocycles. The molecule has 0 unspecified atom stereocenters. The number of nitrogens with two attached hydrogens (primary N) is 1. The summed E-state index contributed by atoms with van der Waals surface area (Å²) in [4.78, 5) is 0. The summed E-state index contributed by atoms with van der Waals surface area (Å²) in [7, 11) is 1.60. The maximum Gasteiger partial charge on any atom is 0.145 e. The van der Waals surface area contributed by atoms with Gasteiger partial charge in [-0.05, 0) is 29.8 Å². The Morgan fingerprint density at radius 3 is 2.73 bits per heavy atom. The van der Waals surface area contributed by atoms with Gasteiger partial charge in [0.15, 0.2) is 0 Å². The molecule has 2 N–H and O–H groups in total. The van der Waals surface area contributed by atoms with Crippen LogP contribution < -0.4 is 10.5 Å². The molecule has 0 atom stereocenters. The van der Waals surface area contributed by atoms with Gasteiger partial charge < -0.3 is 10.5 Å². The molecule has 0 bridgehead atoms. The summed E-state index contributed by atoms with van der Waals surface area (Å²) in [5.41, 5.74) is 7.32. The number of benzene rings is 2. The Kier molecular flexibility index (Phi) is 2.57. The van der Waals surface area contributed by atoms with Crippen molar-refractivity contribution in [1.29, 1.82) is 0 Å². The fourth-order valence-electron chi connectivity index (χ4n) is 1.71. The lowest BCUT2D eigenvalue weighted by Gasteiger charge is -2.12. The van der Waals surface area contributed by atoms with Crippen molar-refractivity contribution in [2.24, 2.45) is 0 Å². The van der Waals surface area contributed by atoms with Crippen LogP contribution in [0.4, 0.5) is 5.69 Å². The van der Waals surface area contributed by atoms with Crippen LogP contribution in [-0.2, 0) is 0 Å². The van der Waals surface area contributed by atoms with Crippen molar-refractivity contribution in [2.75, 3.05) is 12.8 Å². The van der Waals surface area contributed by atoms with Crippen molar-refractivity contribution >= 4 is 32.4 Å². The predicted molar refractivity (Wildman–Crippen MR) is 67.1 cm³/mol. The minimum absolute atomic E-state index is 0.613. The van der Waals surface area contributed by atoms with E-state index in [1.165, 1.54) is 0 Å². The molecule has 77 valence electrons. The van der Waals surface area contributed by atoms with Crippen molar-refractivity contribution < 1.29 is 4.74 Å². The third-order valence-corrected chi connectivity index (χ3v) is 3.11. The number of ether oxygens (including phenoxy) is 1. The van der Waals surface area contributed by atoms with Gasteiger partial charge in [-0.3, -0.25) is 0 Å². The van der Waals surface area contributed by atoms with Gasteiger partial charge in [0.25, 0.3) is 0 Å². The molecular weight excluding hydrogens is 254 g/mol. The van der Waals surface area contributed by atoms with E-state index in [9.17, 15) is 0 Å². The van der Waals surface area contributed by atoms with E-state index in [0.29, 0.717) is 11.4 Å². The molecule has 3 heteroatoms. The molecule has 0 spiro atoms. The van der Waals surface area contributed by atoms with Crippen LogP contribution in [0.25, 0.3) is 10.8 Å². The minimum Gasteiger partial charge on any atom is -0.494 e. The lowest BCUT2D eigenvalue weighted by atomic mass is 10.0. The van der Waals surface area contributed by atoms with Gasteiger partial charge >= 0.3 is 0 Å². The number of nitrogen functional groups attached to an aromatic ring is 1. The minimum atomic E-state index is 0.613. The van der Waals surface area contributed by atoms with Crippen LogP contribution >= 0.6 is 15.9 Å². The van der Waals surface area contributed by atoms with Crippen LogP contribution in [0.2, 0.25) is 0 Å². The second-order valence-corrected chi connectivity index (χ2v) is 4.17. The maximum atomic E-state index is 5.88. The van der Waals surface area contributed by atoms with Crippen molar-refractivity contribution in [1.82, 2.24) is 0 Å². The molecule has 2 rings (SSSR count). The smallest absolute Gasteiger partial charge is 0.145 e. The molecule has 0 aromatic heterocycles. The summed E-state index contributed by atoms with van der Waals surface area (Å²) in [6.45, 7) is 4.00. The predicted octanol–water partition coefficient (Wildman–Crippen LogP) is 3.38. The van der Waals surface area contributed by atoms with E-state index in [2.05, 4.69) is 22.9 Å². The fourth-order valence-corrected chi connectivity index (χ4v) is 2.19. The van der Waals surface area contributed by atoms with Crippen LogP contribution in [0.15, 0.2) is 28.7 Å². The number of fused-ring (bicyclic) bond motifs is 1. The van der Waals surface area contributed by atoms with Crippen molar-refractivity contribution in [3.05, 3.63) is 41.2 Å². The Morgan fingerprint density at radius 2 is 2.07 bits per heavy atom. The zero-order valence-electron chi connectivity index (χ0n) is 8.38. The molecule has 0 aliphatic carbocycles. The Bertz CT molecular complexity index is 523. The Morgan fingerprint density at radius 1 is 1.33 bits per heavy atom. The van der Waals surface area contributed by atoms with Gasteiger partial charge in [-0.15, -0.1) is 0 Å². The summed E-state index contributed by atoms with van der Waals surface area (Å²) < 4.78 is 6.23. The average Bonchev–Trinajstić information content (AvgIpc) is 2.20. The van der Waals surface area contributed by atoms with Gasteiger partial charge in [0, 0.05) is 10.0 Å². The van der Waals surface area contributed by atoms with Gasteiger partial charge in [0.05, 0.1) is 12.8 Å². The van der Waals surface area contributed by atoms with E-state index in [4.69, 9.17) is 10.5 Å². The van der Waals surface area contributed by atoms with E-state index in [-0.39, 0.29) is 0 Å². The van der Waals surface area contributed by atoms with Gasteiger partial charge in [-0.25, -0.2) is 0 Å². The van der Waals surface area contributed by atoms with E-state index in [0.717, 1.165) is 20.8 Å². The monoisotopic (exact) mass is 264 g/mol. The molecule has 0 amide bonds. The van der Waals surface area contributed by atoms with Crippen molar-refractivity contribution in [3.8, 4) is 5.75 Å². The molecule has 0 heterocycles. The first kappa shape index (κ1) is 10.3. The fraction of sp³-hybridized carbons (Fsp3) is 0.0833. The van der Waals surface area contributed by atoms with Gasteiger partial charge in [0.1, 0.15) is 5.75 Å². The Labute approximate surface area is 97.2 Å². The number of hydrogen-bond acceptors (Lipinski definition) is 2. The van der Waals surface area contributed by atoms with Gasteiger partial charge in [-0.1, -0.05) is 28.1 Å². The van der Waals surface area contributed by atoms with Crippen molar-refractivity contribution in [2.45, 2.75) is 0 Å². The zero-order chi connectivity index (χ0) is 11.0. The lowest BCUT2D eigenvalue weighted by molar-refractivity contribution is 0.416. The summed E-state index contributed by atoms with van der Waals surface area (Å²) in [6.07, 6.45) is 0. The summed E-state index contributed by atoms with van der Waals surface area (Å²) >= 11 is 3.49. The third-order valence-electron chi connectivity index (χ3n) is 2.42. The van der Waals surface area contributed by atoms with E-state index < -0.39 is 0 Å². The number of hydrogen-bond donors (Lipinski definition) is 1.